The zero-order valence-corrected chi connectivity index (χ0v) is 16.6. The van der Waals surface area contributed by atoms with Crippen molar-refractivity contribution in [3.8, 4) is 5.75 Å². The summed E-state index contributed by atoms with van der Waals surface area (Å²) >= 11 is 5.91. The van der Waals surface area contributed by atoms with Crippen molar-refractivity contribution < 1.29 is 30.6 Å². The quantitative estimate of drug-likeness (QED) is 0.524. The molecule has 0 aliphatic heterocycles. The normalized spacial score (nSPS) is 11.7. The van der Waals surface area contributed by atoms with Gasteiger partial charge in [0.05, 0.1) is 11.1 Å². The fraction of sp³-hybridized carbons (Fsp3) is 0.0500. The van der Waals surface area contributed by atoms with Crippen LogP contribution in [-0.2, 0) is 16.3 Å². The van der Waals surface area contributed by atoms with Crippen LogP contribution in [0.2, 0.25) is 5.02 Å². The largest absolute Gasteiger partial charge is 0.416 e. The maximum absolute atomic E-state index is 12.7. The lowest BCUT2D eigenvalue weighted by molar-refractivity contribution is -0.137. The maximum Gasteiger partial charge on any atom is 0.416 e. The molecule has 0 heterocycles. The van der Waals surface area contributed by atoms with Crippen LogP contribution in [0.4, 0.5) is 18.9 Å². The van der Waals surface area contributed by atoms with Gasteiger partial charge in [-0.1, -0.05) is 29.8 Å². The van der Waals surface area contributed by atoms with Gasteiger partial charge < -0.3 is 9.50 Å². The Kier molecular flexibility index (Phi) is 6.04. The van der Waals surface area contributed by atoms with Gasteiger partial charge in [-0.2, -0.15) is 21.6 Å². The van der Waals surface area contributed by atoms with Crippen molar-refractivity contribution in [3.05, 3.63) is 88.9 Å². The third kappa shape index (κ3) is 5.11. The summed E-state index contributed by atoms with van der Waals surface area (Å²) in [7, 11) is -4.23. The Hall–Kier alpha value is -3.04. The molecule has 3 rings (SSSR count). The highest BCUT2D eigenvalue weighted by Crippen LogP contribution is 2.31. The van der Waals surface area contributed by atoms with E-state index in [0.29, 0.717) is 0 Å². The lowest BCUT2D eigenvalue weighted by atomic mass is 10.1. The summed E-state index contributed by atoms with van der Waals surface area (Å²) in [6.07, 6.45) is -4.51. The van der Waals surface area contributed by atoms with E-state index in [2.05, 4.69) is 5.32 Å². The molecule has 0 aromatic heterocycles. The number of anilines is 1. The molecule has 0 unspecified atom stereocenters. The molecule has 0 bridgehead atoms. The van der Waals surface area contributed by atoms with Gasteiger partial charge in [-0.25, -0.2) is 0 Å². The van der Waals surface area contributed by atoms with Crippen LogP contribution in [0.3, 0.4) is 0 Å². The molecule has 0 saturated heterocycles. The molecule has 0 spiro atoms. The summed E-state index contributed by atoms with van der Waals surface area (Å²) in [6, 6.07) is 14.8. The Labute approximate surface area is 175 Å². The third-order valence-corrected chi connectivity index (χ3v) is 5.37. The minimum atomic E-state index is -4.51. The van der Waals surface area contributed by atoms with Crippen LogP contribution in [0.15, 0.2) is 77.7 Å². The topological polar surface area (TPSA) is 72.5 Å². The Morgan fingerprint density at radius 1 is 0.933 bits per heavy atom. The number of hydrogen-bond donors (Lipinski definition) is 1. The summed E-state index contributed by atoms with van der Waals surface area (Å²) < 4.78 is 68.0. The number of hydrogen-bond acceptors (Lipinski definition) is 4. The summed E-state index contributed by atoms with van der Waals surface area (Å²) in [5.41, 5.74) is -1.01. The standard InChI is InChI=1S/C20H13ClF3NO4S/c21-14-8-11-18(29-30(27,28)16-4-2-1-3-5-16)17(12-14)19(26)25-15-9-6-13(7-10-15)20(22,23)24/h1-12H,(H,25,26). The van der Waals surface area contributed by atoms with Crippen LogP contribution < -0.4 is 9.50 Å². The number of alkyl halides is 3. The van der Waals surface area contributed by atoms with E-state index in [9.17, 15) is 26.4 Å². The third-order valence-electron chi connectivity index (χ3n) is 3.89. The van der Waals surface area contributed by atoms with Crippen molar-refractivity contribution in [1.29, 1.82) is 0 Å². The molecule has 1 amide bonds. The van der Waals surface area contributed by atoms with Crippen LogP contribution in [0.1, 0.15) is 15.9 Å². The highest BCUT2D eigenvalue weighted by Gasteiger charge is 2.30. The smallest absolute Gasteiger partial charge is 0.378 e. The van der Waals surface area contributed by atoms with Gasteiger partial charge in [-0.05, 0) is 54.6 Å². The molecule has 3 aromatic rings. The predicted octanol–water partition coefficient (Wildman–Crippen LogP) is 5.38. The van der Waals surface area contributed by atoms with Gasteiger partial charge in [0.15, 0.2) is 5.75 Å². The zero-order chi connectivity index (χ0) is 21.9. The number of carbonyl (C=O) groups is 1. The molecule has 0 saturated carbocycles. The first-order valence-corrected chi connectivity index (χ1v) is 10.1. The Morgan fingerprint density at radius 2 is 1.57 bits per heavy atom. The Balaban J connectivity index is 1.87. The van der Waals surface area contributed by atoms with E-state index >= 15 is 0 Å². The lowest BCUT2D eigenvalue weighted by Crippen LogP contribution is -2.16. The summed E-state index contributed by atoms with van der Waals surface area (Å²) in [5.74, 6) is -1.09. The van der Waals surface area contributed by atoms with E-state index in [4.69, 9.17) is 15.8 Å². The SMILES string of the molecule is O=C(Nc1ccc(C(F)(F)F)cc1)c1cc(Cl)ccc1OS(=O)(=O)c1ccccc1. The maximum atomic E-state index is 12.7. The van der Waals surface area contributed by atoms with Gasteiger partial charge in [0.25, 0.3) is 5.91 Å². The molecular formula is C20H13ClF3NO4S. The molecule has 1 N–H and O–H groups in total. The van der Waals surface area contributed by atoms with Crippen LogP contribution in [0, 0.1) is 0 Å². The predicted molar refractivity (Wildman–Crippen MR) is 105 cm³/mol. The van der Waals surface area contributed by atoms with Gasteiger partial charge in [0, 0.05) is 10.7 Å². The van der Waals surface area contributed by atoms with E-state index in [1.54, 1.807) is 6.07 Å². The second-order valence-corrected chi connectivity index (χ2v) is 8.00. The fourth-order valence-corrected chi connectivity index (χ4v) is 3.59. The van der Waals surface area contributed by atoms with E-state index in [-0.39, 0.29) is 26.9 Å². The lowest BCUT2D eigenvalue weighted by Gasteiger charge is -2.13. The summed E-state index contributed by atoms with van der Waals surface area (Å²) in [6.45, 7) is 0. The highest BCUT2D eigenvalue weighted by atomic mass is 35.5. The molecule has 3 aromatic carbocycles. The fourth-order valence-electron chi connectivity index (χ4n) is 2.45. The molecule has 30 heavy (non-hydrogen) atoms. The minimum absolute atomic E-state index is 0.0739. The monoisotopic (exact) mass is 455 g/mol. The van der Waals surface area contributed by atoms with Crippen molar-refractivity contribution in [2.45, 2.75) is 11.1 Å². The molecule has 0 fully saturated rings. The van der Waals surface area contributed by atoms with Crippen LogP contribution in [-0.4, -0.2) is 14.3 Å². The van der Waals surface area contributed by atoms with E-state index < -0.39 is 27.8 Å². The number of carbonyl (C=O) groups excluding carboxylic acids is 1. The Morgan fingerprint density at radius 3 is 2.17 bits per heavy atom. The second-order valence-electron chi connectivity index (χ2n) is 6.02. The number of amides is 1. The van der Waals surface area contributed by atoms with Crippen LogP contribution in [0.5, 0.6) is 5.75 Å². The van der Waals surface area contributed by atoms with Crippen molar-refractivity contribution >= 4 is 33.3 Å². The molecule has 0 atom stereocenters. The van der Waals surface area contributed by atoms with Crippen LogP contribution in [0.25, 0.3) is 0 Å². The van der Waals surface area contributed by atoms with Gasteiger partial charge in [0.2, 0.25) is 0 Å². The van der Waals surface area contributed by atoms with Crippen molar-refractivity contribution in [1.82, 2.24) is 0 Å². The molecule has 10 heteroatoms. The first kappa shape index (κ1) is 21.7. The molecule has 0 aliphatic rings. The number of rotatable bonds is 5. The van der Waals surface area contributed by atoms with Crippen molar-refractivity contribution in [3.63, 3.8) is 0 Å². The molecule has 0 aliphatic carbocycles. The van der Waals surface area contributed by atoms with E-state index in [1.165, 1.54) is 42.5 Å². The zero-order valence-electron chi connectivity index (χ0n) is 15.0. The second kappa shape index (κ2) is 8.37. The molecule has 0 radical (unpaired) electrons. The Bertz CT molecular complexity index is 1160. The van der Waals surface area contributed by atoms with Gasteiger partial charge >= 0.3 is 16.3 Å². The summed E-state index contributed by atoms with van der Waals surface area (Å²) in [5, 5.41) is 2.53. The highest BCUT2D eigenvalue weighted by molar-refractivity contribution is 7.87. The number of benzene rings is 3. The average Bonchev–Trinajstić information content (AvgIpc) is 2.69. The van der Waals surface area contributed by atoms with Crippen LogP contribution >= 0.6 is 11.6 Å². The molecule has 5 nitrogen and oxygen atoms in total. The van der Waals surface area contributed by atoms with Crippen molar-refractivity contribution in [2.24, 2.45) is 0 Å². The minimum Gasteiger partial charge on any atom is -0.378 e. The van der Waals surface area contributed by atoms with Gasteiger partial charge in [0.1, 0.15) is 4.90 Å². The molecular weight excluding hydrogens is 443 g/mol. The van der Waals surface area contributed by atoms with Crippen molar-refractivity contribution in [2.75, 3.05) is 5.32 Å². The first-order valence-electron chi connectivity index (χ1n) is 8.34. The first-order chi connectivity index (χ1) is 14.1. The van der Waals surface area contributed by atoms with E-state index in [0.717, 1.165) is 24.3 Å². The average molecular weight is 456 g/mol. The number of nitrogens with one attached hydrogen (secondary N) is 1. The summed E-state index contributed by atoms with van der Waals surface area (Å²) in [4.78, 5) is 12.5. The van der Waals surface area contributed by atoms with E-state index in [1.807, 2.05) is 0 Å². The molecule has 156 valence electrons. The van der Waals surface area contributed by atoms with Gasteiger partial charge in [-0.15, -0.1) is 0 Å². The number of halogens is 4. The van der Waals surface area contributed by atoms with Gasteiger partial charge in [-0.3, -0.25) is 4.79 Å².